The molecule has 186 valence electrons. The van der Waals surface area contributed by atoms with Gasteiger partial charge in [0.05, 0.1) is 29.0 Å². The molecule has 3 aromatic heterocycles. The van der Waals surface area contributed by atoms with E-state index in [1.807, 2.05) is 0 Å². The minimum Gasteiger partial charge on any atom is -0.292 e. The summed E-state index contributed by atoms with van der Waals surface area (Å²) in [4.78, 5) is 19.4. The molecule has 2 unspecified atom stereocenters. The lowest BCUT2D eigenvalue weighted by atomic mass is 9.60. The van der Waals surface area contributed by atoms with Gasteiger partial charge in [0.1, 0.15) is 11.5 Å². The number of carbonyl (C=O) groups is 1. The van der Waals surface area contributed by atoms with Crippen LogP contribution < -0.4 is 0 Å². The SMILES string of the molecule is Cn1ncc(S(=O)(=O)N2CCC3Cc4c(cnn4-c4ccc(F)cc4)CC3(C(=O)c3cscn3)C2)n1. The van der Waals surface area contributed by atoms with Gasteiger partial charge >= 0.3 is 0 Å². The highest BCUT2D eigenvalue weighted by molar-refractivity contribution is 7.89. The van der Waals surface area contributed by atoms with E-state index in [0.29, 0.717) is 25.0 Å². The number of rotatable bonds is 5. The van der Waals surface area contributed by atoms with E-state index in [2.05, 4.69) is 20.3 Å². The number of halogens is 1. The molecule has 0 bridgehead atoms. The van der Waals surface area contributed by atoms with Crippen molar-refractivity contribution in [2.45, 2.75) is 24.3 Å². The number of aryl methyl sites for hydroxylation is 1. The summed E-state index contributed by atoms with van der Waals surface area (Å²) in [6.45, 7) is 0.282. The number of sulfonamides is 1. The van der Waals surface area contributed by atoms with Gasteiger partial charge in [-0.05, 0) is 55.0 Å². The van der Waals surface area contributed by atoms with Crippen LogP contribution in [0.4, 0.5) is 4.39 Å². The summed E-state index contributed by atoms with van der Waals surface area (Å²) < 4.78 is 43.5. The second-order valence-electron chi connectivity index (χ2n) is 9.24. The molecular formula is C23H22FN7O3S2. The fourth-order valence-electron chi connectivity index (χ4n) is 5.45. The summed E-state index contributed by atoms with van der Waals surface area (Å²) in [5, 5.41) is 14.0. The fourth-order valence-corrected chi connectivity index (χ4v) is 7.39. The zero-order valence-electron chi connectivity index (χ0n) is 19.3. The highest BCUT2D eigenvalue weighted by atomic mass is 32.2. The number of ketones is 1. The van der Waals surface area contributed by atoms with Gasteiger partial charge in [0.25, 0.3) is 10.0 Å². The molecule has 4 heterocycles. The number of piperidine rings is 1. The third-order valence-electron chi connectivity index (χ3n) is 7.24. The van der Waals surface area contributed by atoms with Gasteiger partial charge in [0.2, 0.25) is 5.03 Å². The number of hydrogen-bond donors (Lipinski definition) is 0. The molecule has 0 spiro atoms. The summed E-state index contributed by atoms with van der Waals surface area (Å²) in [5.41, 5.74) is 3.52. The topological polar surface area (TPSA) is 116 Å². The Morgan fingerprint density at radius 3 is 2.69 bits per heavy atom. The molecule has 4 aromatic rings. The van der Waals surface area contributed by atoms with Crippen LogP contribution in [0.25, 0.3) is 5.69 Å². The van der Waals surface area contributed by atoms with Crippen molar-refractivity contribution in [2.24, 2.45) is 18.4 Å². The maximum atomic E-state index is 14.0. The van der Waals surface area contributed by atoms with Crippen LogP contribution >= 0.6 is 11.3 Å². The first-order chi connectivity index (χ1) is 17.3. The predicted octanol–water partition coefficient (Wildman–Crippen LogP) is 2.28. The standard InChI is InChI=1S/C23H22FN7O3S2/c1-29-26-11-21(28-29)36(33,34)30-7-6-16-8-20-15(10-27-31(20)18-4-2-17(24)3-5-18)9-23(16,13-30)22(32)19-12-35-14-25-19/h2-5,10-12,14,16H,6-9,13H2,1H3. The number of hydrogen-bond acceptors (Lipinski definition) is 8. The zero-order valence-corrected chi connectivity index (χ0v) is 20.9. The molecule has 1 fully saturated rings. The number of carbonyl (C=O) groups excluding carboxylic acids is 1. The van der Waals surface area contributed by atoms with Crippen LogP contribution in [0.2, 0.25) is 0 Å². The maximum Gasteiger partial charge on any atom is 0.264 e. The Labute approximate surface area is 210 Å². The van der Waals surface area contributed by atoms with E-state index in [1.165, 1.54) is 38.8 Å². The van der Waals surface area contributed by atoms with E-state index in [-0.39, 0.29) is 35.6 Å². The van der Waals surface area contributed by atoms with Gasteiger partial charge in [0.15, 0.2) is 5.78 Å². The Morgan fingerprint density at radius 2 is 2.00 bits per heavy atom. The molecule has 36 heavy (non-hydrogen) atoms. The Kier molecular flexibility index (Phi) is 5.39. The maximum absolute atomic E-state index is 14.0. The molecular weight excluding hydrogens is 505 g/mol. The lowest BCUT2D eigenvalue weighted by molar-refractivity contribution is 0.0394. The van der Waals surface area contributed by atoms with Crippen LogP contribution in [0.15, 0.2) is 52.6 Å². The van der Waals surface area contributed by atoms with Crippen molar-refractivity contribution in [3.63, 3.8) is 0 Å². The van der Waals surface area contributed by atoms with Crippen LogP contribution in [0.3, 0.4) is 0 Å². The Morgan fingerprint density at radius 1 is 1.19 bits per heavy atom. The van der Waals surface area contributed by atoms with Crippen LogP contribution in [-0.4, -0.2) is 61.4 Å². The van der Waals surface area contributed by atoms with Crippen molar-refractivity contribution in [1.29, 1.82) is 0 Å². The van der Waals surface area contributed by atoms with E-state index < -0.39 is 15.4 Å². The summed E-state index contributed by atoms with van der Waals surface area (Å²) in [7, 11) is -2.38. The normalized spacial score (nSPS) is 22.2. The van der Waals surface area contributed by atoms with E-state index in [9.17, 15) is 17.6 Å². The first kappa shape index (κ1) is 23.1. The second-order valence-corrected chi connectivity index (χ2v) is 11.8. The molecule has 1 aliphatic carbocycles. The monoisotopic (exact) mass is 527 g/mol. The smallest absolute Gasteiger partial charge is 0.264 e. The molecule has 0 N–H and O–H groups in total. The Balaban J connectivity index is 1.42. The van der Waals surface area contributed by atoms with Crippen LogP contribution in [-0.2, 0) is 29.9 Å². The summed E-state index contributed by atoms with van der Waals surface area (Å²) in [6.07, 6.45) is 4.31. The molecule has 10 nitrogen and oxygen atoms in total. The minimum atomic E-state index is -3.94. The average Bonchev–Trinajstić information content (AvgIpc) is 3.63. The number of nitrogens with zero attached hydrogens (tertiary/aromatic N) is 7. The molecule has 0 amide bonds. The minimum absolute atomic E-state index is 0.0219. The van der Waals surface area contributed by atoms with Crippen molar-refractivity contribution in [2.75, 3.05) is 13.1 Å². The number of Topliss-reactive ketones (excluding diaryl/α,β-unsaturated/α-hetero) is 1. The third-order valence-corrected chi connectivity index (χ3v) is 9.53. The summed E-state index contributed by atoms with van der Waals surface area (Å²) >= 11 is 1.33. The van der Waals surface area contributed by atoms with E-state index in [1.54, 1.807) is 40.9 Å². The van der Waals surface area contributed by atoms with Crippen LogP contribution in [0, 0.1) is 17.2 Å². The Hall–Kier alpha value is -3.29. The molecule has 13 heteroatoms. The average molecular weight is 528 g/mol. The lowest BCUT2D eigenvalue weighted by Gasteiger charge is -2.48. The van der Waals surface area contributed by atoms with E-state index >= 15 is 0 Å². The second kappa shape index (κ2) is 8.39. The highest BCUT2D eigenvalue weighted by Crippen LogP contribution is 2.48. The first-order valence-corrected chi connectivity index (χ1v) is 13.8. The number of benzene rings is 1. The van der Waals surface area contributed by atoms with Crippen molar-refractivity contribution in [1.82, 2.24) is 34.1 Å². The van der Waals surface area contributed by atoms with Gasteiger partial charge in [-0.3, -0.25) is 4.79 Å². The van der Waals surface area contributed by atoms with Gasteiger partial charge in [-0.15, -0.1) is 16.4 Å². The largest absolute Gasteiger partial charge is 0.292 e. The molecule has 1 aliphatic heterocycles. The number of thiazole rings is 1. The van der Waals surface area contributed by atoms with E-state index in [0.717, 1.165) is 16.9 Å². The highest BCUT2D eigenvalue weighted by Gasteiger charge is 2.55. The summed E-state index contributed by atoms with van der Waals surface area (Å²) in [6, 6.07) is 6.11. The first-order valence-electron chi connectivity index (χ1n) is 11.4. The number of aromatic nitrogens is 6. The van der Waals surface area contributed by atoms with Crippen molar-refractivity contribution in [3.05, 3.63) is 70.3 Å². The van der Waals surface area contributed by atoms with E-state index in [4.69, 9.17) is 0 Å². The van der Waals surface area contributed by atoms with Crippen molar-refractivity contribution in [3.8, 4) is 5.69 Å². The van der Waals surface area contributed by atoms with Crippen LogP contribution in [0.5, 0.6) is 0 Å². The molecule has 2 aliphatic rings. The fraction of sp³-hybridized carbons (Fsp3) is 0.348. The Bertz CT molecular complexity index is 1550. The predicted molar refractivity (Wildman–Crippen MR) is 128 cm³/mol. The molecule has 1 saturated heterocycles. The third kappa shape index (κ3) is 3.61. The van der Waals surface area contributed by atoms with Gasteiger partial charge < -0.3 is 0 Å². The molecule has 0 radical (unpaired) electrons. The molecule has 2 atom stereocenters. The van der Waals surface area contributed by atoms with Gasteiger partial charge in [-0.25, -0.2) is 22.5 Å². The number of fused-ring (bicyclic) bond motifs is 2. The lowest BCUT2D eigenvalue weighted by Crippen LogP contribution is -2.57. The van der Waals surface area contributed by atoms with Crippen LogP contribution in [0.1, 0.15) is 28.2 Å². The van der Waals surface area contributed by atoms with Gasteiger partial charge in [-0.1, -0.05) is 0 Å². The van der Waals surface area contributed by atoms with Gasteiger partial charge in [0, 0.05) is 31.2 Å². The molecule has 6 rings (SSSR count). The van der Waals surface area contributed by atoms with Gasteiger partial charge in [-0.2, -0.15) is 19.3 Å². The quantitative estimate of drug-likeness (QED) is 0.366. The summed E-state index contributed by atoms with van der Waals surface area (Å²) in [5.74, 6) is -0.610. The zero-order chi connectivity index (χ0) is 25.1. The molecule has 1 aromatic carbocycles. The van der Waals surface area contributed by atoms with Crippen molar-refractivity contribution >= 4 is 27.1 Å². The van der Waals surface area contributed by atoms with Crippen molar-refractivity contribution < 1.29 is 17.6 Å². The molecule has 0 saturated carbocycles.